The van der Waals surface area contributed by atoms with E-state index in [-0.39, 0.29) is 11.8 Å². The van der Waals surface area contributed by atoms with Crippen molar-refractivity contribution in [1.82, 2.24) is 0 Å². The maximum Gasteiger partial charge on any atom is 0.422 e. The number of hydrogen-bond acceptors (Lipinski definition) is 2. The Morgan fingerprint density at radius 1 is 1.00 bits per heavy atom. The topological polar surface area (TPSA) is 17.1 Å². The van der Waals surface area contributed by atoms with Gasteiger partial charge >= 0.3 is 18.0 Å². The van der Waals surface area contributed by atoms with Gasteiger partial charge in [0, 0.05) is 19.1 Å². The van der Waals surface area contributed by atoms with E-state index >= 15 is 0 Å². The van der Waals surface area contributed by atoms with Crippen molar-refractivity contribution in [2.24, 2.45) is 0 Å². The summed E-state index contributed by atoms with van der Waals surface area (Å²) in [5.41, 5.74) is 0. The molecule has 0 radical (unpaired) electrons. The molecular formula is C9H9F9OS. The van der Waals surface area contributed by atoms with E-state index in [1.165, 1.54) is 0 Å². The monoisotopic (exact) mass is 336 g/mol. The van der Waals surface area contributed by atoms with Gasteiger partial charge in [-0.3, -0.25) is 4.79 Å². The molecule has 0 N–H and O–H groups in total. The lowest BCUT2D eigenvalue weighted by atomic mass is 10.0. The molecule has 1 nitrogen and oxygen atoms in total. The molecular weight excluding hydrogens is 327 g/mol. The van der Waals surface area contributed by atoms with E-state index in [0.29, 0.717) is 0 Å². The van der Waals surface area contributed by atoms with Crippen molar-refractivity contribution in [2.75, 3.05) is 5.75 Å². The number of hydrogen-bond donors (Lipinski definition) is 0. The van der Waals surface area contributed by atoms with Crippen LogP contribution >= 0.6 is 11.8 Å². The Hall–Kier alpha value is -0.610. The van der Waals surface area contributed by atoms with E-state index in [9.17, 15) is 44.3 Å². The van der Waals surface area contributed by atoms with Gasteiger partial charge in [0.2, 0.25) is 12.3 Å². The van der Waals surface area contributed by atoms with Crippen LogP contribution in [0.1, 0.15) is 13.3 Å². The lowest BCUT2D eigenvalue weighted by Crippen LogP contribution is -2.54. The van der Waals surface area contributed by atoms with Crippen molar-refractivity contribution in [3.05, 3.63) is 0 Å². The molecule has 0 rings (SSSR count). The minimum absolute atomic E-state index is 0.209. The Morgan fingerprint density at radius 3 is 1.80 bits per heavy atom. The highest BCUT2D eigenvalue weighted by atomic mass is 32.2. The molecule has 0 aromatic rings. The van der Waals surface area contributed by atoms with Gasteiger partial charge < -0.3 is 0 Å². The van der Waals surface area contributed by atoms with Crippen LogP contribution in [0.2, 0.25) is 0 Å². The summed E-state index contributed by atoms with van der Waals surface area (Å²) in [6, 6.07) is 0. The smallest absolute Gasteiger partial charge is 0.288 e. The lowest BCUT2D eigenvalue weighted by molar-refractivity contribution is -0.280. The molecule has 0 heterocycles. The second-order valence-electron chi connectivity index (χ2n) is 3.76. The van der Waals surface area contributed by atoms with Gasteiger partial charge in [-0.05, 0) is 0 Å². The fourth-order valence-corrected chi connectivity index (χ4v) is 1.69. The van der Waals surface area contributed by atoms with Gasteiger partial charge in [0.15, 0.2) is 5.12 Å². The van der Waals surface area contributed by atoms with Crippen LogP contribution < -0.4 is 0 Å². The van der Waals surface area contributed by atoms with Crippen LogP contribution in [-0.4, -0.2) is 41.2 Å². The molecule has 0 amide bonds. The standard InChI is InChI=1S/C9H9F9OS/c1-4(19)20-3-2-7(12,13)8(14,15)5(10)6(11)9(16,17)18/h5-6H,2-3H2,1H3. The maximum absolute atomic E-state index is 13.0. The molecule has 0 fully saturated rings. The molecule has 0 bridgehead atoms. The van der Waals surface area contributed by atoms with Crippen molar-refractivity contribution in [1.29, 1.82) is 0 Å². The fourth-order valence-electron chi connectivity index (χ4n) is 1.04. The molecule has 2 unspecified atom stereocenters. The normalized spacial score (nSPS) is 16.9. The number of thioether (sulfide) groups is 1. The molecule has 0 aliphatic carbocycles. The molecule has 11 heteroatoms. The zero-order valence-electron chi connectivity index (χ0n) is 9.79. The van der Waals surface area contributed by atoms with Gasteiger partial charge in [0.1, 0.15) is 0 Å². The summed E-state index contributed by atoms with van der Waals surface area (Å²) in [7, 11) is 0. The van der Waals surface area contributed by atoms with Crippen LogP contribution in [0.25, 0.3) is 0 Å². The minimum Gasteiger partial charge on any atom is -0.288 e. The van der Waals surface area contributed by atoms with Crippen molar-refractivity contribution >= 4 is 16.9 Å². The molecule has 0 aliphatic rings. The van der Waals surface area contributed by atoms with Crippen molar-refractivity contribution in [2.45, 2.75) is 43.7 Å². The zero-order valence-corrected chi connectivity index (χ0v) is 10.6. The molecule has 120 valence electrons. The summed E-state index contributed by atoms with van der Waals surface area (Å²) in [5, 5.41) is -0.695. The molecule has 0 saturated heterocycles. The van der Waals surface area contributed by atoms with Crippen LogP contribution in [0.4, 0.5) is 39.5 Å². The summed E-state index contributed by atoms with van der Waals surface area (Å²) in [6.07, 6.45) is -17.3. The average molecular weight is 336 g/mol. The highest BCUT2D eigenvalue weighted by Gasteiger charge is 2.67. The SMILES string of the molecule is CC(=O)SCCC(F)(F)C(F)(F)C(F)C(F)C(F)(F)F. The fraction of sp³-hybridized carbons (Fsp3) is 0.889. The predicted molar refractivity (Wildman–Crippen MR) is 53.5 cm³/mol. The van der Waals surface area contributed by atoms with Crippen molar-refractivity contribution in [3.63, 3.8) is 0 Å². The summed E-state index contributed by atoms with van der Waals surface area (Å²) in [6.45, 7) is 0.945. The number of carbonyl (C=O) groups excluding carboxylic acids is 1. The first-order chi connectivity index (χ1) is 8.73. The van der Waals surface area contributed by atoms with Gasteiger partial charge in [-0.25, -0.2) is 8.78 Å². The first-order valence-corrected chi connectivity index (χ1v) is 5.96. The van der Waals surface area contributed by atoms with Gasteiger partial charge in [-0.15, -0.1) is 0 Å². The van der Waals surface area contributed by atoms with E-state index in [0.717, 1.165) is 6.92 Å². The van der Waals surface area contributed by atoms with Crippen LogP contribution in [0.15, 0.2) is 0 Å². The third kappa shape index (κ3) is 4.74. The second kappa shape index (κ2) is 6.44. The summed E-state index contributed by atoms with van der Waals surface area (Å²) < 4.78 is 112. The zero-order chi connectivity index (χ0) is 16.4. The van der Waals surface area contributed by atoms with Gasteiger partial charge in [-0.2, -0.15) is 30.7 Å². The lowest BCUT2D eigenvalue weighted by Gasteiger charge is -2.30. The first kappa shape index (κ1) is 19.4. The van der Waals surface area contributed by atoms with E-state index in [2.05, 4.69) is 0 Å². The highest BCUT2D eigenvalue weighted by Crippen LogP contribution is 2.45. The quantitative estimate of drug-likeness (QED) is 0.678. The summed E-state index contributed by atoms with van der Waals surface area (Å²) >= 11 is 0.209. The van der Waals surface area contributed by atoms with Crippen LogP contribution in [0, 0.1) is 0 Å². The van der Waals surface area contributed by atoms with Gasteiger partial charge in [0.05, 0.1) is 0 Å². The van der Waals surface area contributed by atoms with Crippen molar-refractivity contribution in [3.8, 4) is 0 Å². The number of rotatable bonds is 6. The Morgan fingerprint density at radius 2 is 1.45 bits per heavy atom. The van der Waals surface area contributed by atoms with Crippen LogP contribution in [0.3, 0.4) is 0 Å². The van der Waals surface area contributed by atoms with Gasteiger partial charge in [-0.1, -0.05) is 11.8 Å². The molecule has 0 saturated carbocycles. The number of carbonyl (C=O) groups is 1. The maximum atomic E-state index is 13.0. The molecule has 0 aromatic heterocycles. The Kier molecular flexibility index (Phi) is 6.24. The molecule has 2 atom stereocenters. The third-order valence-corrected chi connectivity index (χ3v) is 2.94. The Balaban J connectivity index is 4.94. The summed E-state index contributed by atoms with van der Waals surface area (Å²) in [4.78, 5) is 10.4. The first-order valence-electron chi connectivity index (χ1n) is 4.97. The van der Waals surface area contributed by atoms with Gasteiger partial charge in [0.25, 0.3) is 0 Å². The van der Waals surface area contributed by atoms with E-state index < -0.39 is 47.7 Å². The molecule has 0 aromatic carbocycles. The molecule has 0 aliphatic heterocycles. The number of halogens is 9. The second-order valence-corrected chi connectivity index (χ2v) is 5.03. The predicted octanol–water partition coefficient (Wildman–Crippen LogP) is 4.17. The highest BCUT2D eigenvalue weighted by molar-refractivity contribution is 8.13. The van der Waals surface area contributed by atoms with E-state index in [1.807, 2.05) is 0 Å². The molecule has 20 heavy (non-hydrogen) atoms. The Bertz CT molecular complexity index is 341. The summed E-state index contributed by atoms with van der Waals surface area (Å²) in [5.74, 6) is -11.9. The van der Waals surface area contributed by atoms with E-state index in [4.69, 9.17) is 0 Å². The molecule has 0 spiro atoms. The third-order valence-electron chi connectivity index (χ3n) is 2.13. The average Bonchev–Trinajstić information content (AvgIpc) is 2.24. The number of alkyl halides is 9. The van der Waals surface area contributed by atoms with Crippen LogP contribution in [-0.2, 0) is 4.79 Å². The minimum atomic E-state index is -6.02. The Labute approximate surface area is 111 Å². The van der Waals surface area contributed by atoms with Crippen LogP contribution in [0.5, 0.6) is 0 Å². The van der Waals surface area contributed by atoms with E-state index in [1.54, 1.807) is 0 Å². The van der Waals surface area contributed by atoms with Crippen molar-refractivity contribution < 1.29 is 44.3 Å². The largest absolute Gasteiger partial charge is 0.422 e.